The first kappa shape index (κ1) is 24.6. The summed E-state index contributed by atoms with van der Waals surface area (Å²) in [6.45, 7) is 8.19. The van der Waals surface area contributed by atoms with E-state index in [2.05, 4.69) is 11.4 Å². The summed E-state index contributed by atoms with van der Waals surface area (Å²) in [6.07, 6.45) is -0.994. The van der Waals surface area contributed by atoms with Crippen molar-refractivity contribution in [3.05, 3.63) is 82.9 Å². The van der Waals surface area contributed by atoms with Crippen LogP contribution in [0.15, 0.2) is 65.6 Å². The SMILES string of the molecule is Cc1ccc(S(=O)(=O)N2C[C@@H](C(=O)NCCOc3cc(C)cc(C)c3)Oc3ccc(C)cc32)cc1. The zero-order chi connectivity index (χ0) is 25.2. The second-order valence-electron chi connectivity index (χ2n) is 8.89. The molecule has 35 heavy (non-hydrogen) atoms. The topological polar surface area (TPSA) is 84.9 Å². The van der Waals surface area contributed by atoms with Gasteiger partial charge >= 0.3 is 0 Å². The van der Waals surface area contributed by atoms with Crippen LogP contribution in [0.1, 0.15) is 22.3 Å². The van der Waals surface area contributed by atoms with Gasteiger partial charge in [0.25, 0.3) is 15.9 Å². The molecule has 1 heterocycles. The highest BCUT2D eigenvalue weighted by Crippen LogP contribution is 2.37. The Balaban J connectivity index is 1.48. The molecule has 1 N–H and O–H groups in total. The first-order valence-corrected chi connectivity index (χ1v) is 12.9. The molecule has 184 valence electrons. The van der Waals surface area contributed by atoms with Crippen molar-refractivity contribution in [2.24, 2.45) is 0 Å². The quantitative estimate of drug-likeness (QED) is 0.501. The average molecular weight is 495 g/mol. The van der Waals surface area contributed by atoms with Gasteiger partial charge in [-0.3, -0.25) is 9.10 Å². The van der Waals surface area contributed by atoms with Crippen LogP contribution in [0, 0.1) is 27.7 Å². The third-order valence-corrected chi connectivity index (χ3v) is 7.54. The smallest absolute Gasteiger partial charge is 0.264 e. The monoisotopic (exact) mass is 494 g/mol. The van der Waals surface area contributed by atoms with E-state index in [1.165, 1.54) is 4.31 Å². The number of amides is 1. The Morgan fingerprint density at radius 1 is 0.943 bits per heavy atom. The zero-order valence-corrected chi connectivity index (χ0v) is 21.2. The molecule has 8 heteroatoms. The van der Waals surface area contributed by atoms with Gasteiger partial charge in [-0.15, -0.1) is 0 Å². The number of nitrogens with one attached hydrogen (secondary N) is 1. The van der Waals surface area contributed by atoms with Gasteiger partial charge in [0, 0.05) is 0 Å². The van der Waals surface area contributed by atoms with Crippen LogP contribution in [-0.4, -0.2) is 40.1 Å². The largest absolute Gasteiger partial charge is 0.492 e. The lowest BCUT2D eigenvalue weighted by molar-refractivity contribution is -0.127. The minimum absolute atomic E-state index is 0.129. The Hall–Kier alpha value is -3.52. The molecule has 1 aliphatic rings. The van der Waals surface area contributed by atoms with Crippen LogP contribution in [0.25, 0.3) is 0 Å². The van der Waals surface area contributed by atoms with Gasteiger partial charge in [0.15, 0.2) is 6.10 Å². The molecule has 1 amide bonds. The second kappa shape index (κ2) is 10.00. The summed E-state index contributed by atoms with van der Waals surface area (Å²) < 4.78 is 40.0. The molecule has 0 saturated carbocycles. The van der Waals surface area contributed by atoms with Gasteiger partial charge in [-0.25, -0.2) is 8.42 Å². The number of rotatable bonds is 7. The Morgan fingerprint density at radius 3 is 2.29 bits per heavy atom. The number of nitrogens with zero attached hydrogens (tertiary/aromatic N) is 1. The van der Waals surface area contributed by atoms with E-state index in [0.29, 0.717) is 11.4 Å². The predicted molar refractivity (Wildman–Crippen MR) is 136 cm³/mol. The summed E-state index contributed by atoms with van der Waals surface area (Å²) in [5.41, 5.74) is 4.48. The molecule has 3 aromatic carbocycles. The van der Waals surface area contributed by atoms with Gasteiger partial charge in [0.05, 0.1) is 23.7 Å². The lowest BCUT2D eigenvalue weighted by atomic mass is 10.1. The van der Waals surface area contributed by atoms with E-state index in [1.54, 1.807) is 36.4 Å². The van der Waals surface area contributed by atoms with Crippen molar-refractivity contribution in [2.75, 3.05) is 24.0 Å². The molecule has 3 aromatic rings. The molecular weight excluding hydrogens is 464 g/mol. The van der Waals surface area contributed by atoms with Crippen molar-refractivity contribution in [1.29, 1.82) is 0 Å². The van der Waals surface area contributed by atoms with Crippen molar-refractivity contribution in [3.8, 4) is 11.5 Å². The lowest BCUT2D eigenvalue weighted by Gasteiger charge is -2.35. The van der Waals surface area contributed by atoms with E-state index < -0.39 is 22.0 Å². The van der Waals surface area contributed by atoms with Crippen molar-refractivity contribution >= 4 is 21.6 Å². The third-order valence-electron chi connectivity index (χ3n) is 5.75. The van der Waals surface area contributed by atoms with Crippen molar-refractivity contribution < 1.29 is 22.7 Å². The fraction of sp³-hybridized carbons (Fsp3) is 0.296. The minimum Gasteiger partial charge on any atom is -0.492 e. The van der Waals surface area contributed by atoms with Crippen LogP contribution in [0.2, 0.25) is 0 Å². The number of hydrogen-bond donors (Lipinski definition) is 1. The average Bonchev–Trinajstić information content (AvgIpc) is 2.80. The first-order chi connectivity index (χ1) is 16.6. The molecule has 0 spiro atoms. The van der Waals surface area contributed by atoms with Crippen LogP contribution in [0.3, 0.4) is 0 Å². The van der Waals surface area contributed by atoms with Gasteiger partial charge < -0.3 is 14.8 Å². The van der Waals surface area contributed by atoms with E-state index in [9.17, 15) is 13.2 Å². The van der Waals surface area contributed by atoms with Gasteiger partial charge in [0.1, 0.15) is 18.1 Å². The zero-order valence-electron chi connectivity index (χ0n) is 20.4. The fourth-order valence-corrected chi connectivity index (χ4v) is 5.50. The molecule has 0 radical (unpaired) electrons. The molecule has 0 fully saturated rings. The predicted octanol–water partition coefficient (Wildman–Crippen LogP) is 4.07. The Labute approximate surface area is 206 Å². The Morgan fingerprint density at radius 2 is 1.60 bits per heavy atom. The molecule has 1 aliphatic heterocycles. The molecule has 7 nitrogen and oxygen atoms in total. The summed E-state index contributed by atoms with van der Waals surface area (Å²) in [5.74, 6) is 0.693. The molecule has 0 aromatic heterocycles. The number of carbonyl (C=O) groups is 1. The van der Waals surface area contributed by atoms with Crippen molar-refractivity contribution in [1.82, 2.24) is 5.32 Å². The summed E-state index contributed by atoms with van der Waals surface area (Å²) in [6, 6.07) is 17.9. The van der Waals surface area contributed by atoms with Crippen LogP contribution >= 0.6 is 0 Å². The summed E-state index contributed by atoms with van der Waals surface area (Å²) >= 11 is 0. The lowest BCUT2D eigenvalue weighted by Crippen LogP contribution is -2.51. The van der Waals surface area contributed by atoms with Crippen LogP contribution < -0.4 is 19.1 Å². The molecule has 4 rings (SSSR count). The van der Waals surface area contributed by atoms with Crippen molar-refractivity contribution in [2.45, 2.75) is 38.7 Å². The maximum absolute atomic E-state index is 13.5. The normalized spacial score (nSPS) is 15.2. The van der Waals surface area contributed by atoms with E-state index in [4.69, 9.17) is 9.47 Å². The van der Waals surface area contributed by atoms with Gasteiger partial charge in [-0.2, -0.15) is 0 Å². The first-order valence-electron chi connectivity index (χ1n) is 11.5. The second-order valence-corrected chi connectivity index (χ2v) is 10.8. The molecule has 0 saturated heterocycles. The van der Waals surface area contributed by atoms with Crippen LogP contribution in [0.4, 0.5) is 5.69 Å². The summed E-state index contributed by atoms with van der Waals surface area (Å²) in [5, 5.41) is 2.80. The molecule has 0 bridgehead atoms. The number of benzene rings is 3. The molecule has 0 aliphatic carbocycles. The van der Waals surface area contributed by atoms with E-state index in [0.717, 1.165) is 28.0 Å². The fourth-order valence-electron chi connectivity index (χ4n) is 4.04. The highest BCUT2D eigenvalue weighted by Gasteiger charge is 2.37. The molecule has 1 atom stereocenters. The number of carbonyl (C=O) groups excluding carboxylic acids is 1. The van der Waals surface area contributed by atoms with E-state index in [-0.39, 0.29) is 24.6 Å². The number of sulfonamides is 1. The van der Waals surface area contributed by atoms with Gasteiger partial charge in [0.2, 0.25) is 0 Å². The molecular formula is C27H30N2O5S. The van der Waals surface area contributed by atoms with Crippen molar-refractivity contribution in [3.63, 3.8) is 0 Å². The van der Waals surface area contributed by atoms with Gasteiger partial charge in [-0.1, -0.05) is 29.8 Å². The number of fused-ring (bicyclic) bond motifs is 1. The highest BCUT2D eigenvalue weighted by atomic mass is 32.2. The standard InChI is InChI=1S/C27H30N2O5S/c1-18-5-8-23(9-6-18)35(31,32)29-17-26(34-25-10-7-19(2)16-24(25)29)27(30)28-11-12-33-22-14-20(3)13-21(4)15-22/h5-10,13-16,26H,11-12,17H2,1-4H3,(H,28,30)/t26-/m0/s1. The number of anilines is 1. The van der Waals surface area contributed by atoms with Crippen LogP contribution in [-0.2, 0) is 14.8 Å². The van der Waals surface area contributed by atoms with E-state index in [1.807, 2.05) is 45.9 Å². The number of hydrogen-bond acceptors (Lipinski definition) is 5. The number of ether oxygens (including phenoxy) is 2. The summed E-state index contributed by atoms with van der Waals surface area (Å²) in [4.78, 5) is 13.1. The maximum atomic E-state index is 13.5. The Bertz CT molecular complexity index is 1320. The molecule has 0 unspecified atom stereocenters. The maximum Gasteiger partial charge on any atom is 0.264 e. The summed E-state index contributed by atoms with van der Waals surface area (Å²) in [7, 11) is -3.90. The minimum atomic E-state index is -3.90. The van der Waals surface area contributed by atoms with Gasteiger partial charge in [-0.05, 0) is 80.8 Å². The van der Waals surface area contributed by atoms with E-state index >= 15 is 0 Å². The van der Waals surface area contributed by atoms with Crippen LogP contribution in [0.5, 0.6) is 11.5 Å². The highest BCUT2D eigenvalue weighted by molar-refractivity contribution is 7.92. The number of aryl methyl sites for hydroxylation is 4. The Kier molecular flexibility index (Phi) is 7.03. The third kappa shape index (κ3) is 5.59.